The van der Waals surface area contributed by atoms with Gasteiger partial charge in [-0.25, -0.2) is 15.0 Å². The van der Waals surface area contributed by atoms with E-state index < -0.39 is 5.60 Å². The molecule has 1 N–H and O–H groups in total. The lowest BCUT2D eigenvalue weighted by molar-refractivity contribution is -0.189. The van der Waals surface area contributed by atoms with E-state index in [0.29, 0.717) is 24.3 Å². The Morgan fingerprint density at radius 2 is 2.00 bits per heavy atom. The highest BCUT2D eigenvalue weighted by Crippen LogP contribution is 2.52. The van der Waals surface area contributed by atoms with Crippen molar-refractivity contribution in [1.82, 2.24) is 24.7 Å². The molecule has 0 unspecified atom stereocenters. The number of pyridine rings is 1. The zero-order valence-corrected chi connectivity index (χ0v) is 16.1. The van der Waals surface area contributed by atoms with Crippen molar-refractivity contribution in [2.75, 3.05) is 7.11 Å². The Balaban J connectivity index is 1.52. The summed E-state index contributed by atoms with van der Waals surface area (Å²) in [7, 11) is 3.56. The summed E-state index contributed by atoms with van der Waals surface area (Å²) in [5.41, 5.74) is 0.453. The summed E-state index contributed by atoms with van der Waals surface area (Å²) in [6, 6.07) is 3.98. The molecule has 4 heterocycles. The third-order valence-electron chi connectivity index (χ3n) is 5.29. The lowest BCUT2D eigenvalue weighted by atomic mass is 9.67. The first kappa shape index (κ1) is 16.7. The summed E-state index contributed by atoms with van der Waals surface area (Å²) in [5.74, 6) is 0.622. The average molecular weight is 381 g/mol. The molecule has 0 atom stereocenters. The van der Waals surface area contributed by atoms with Gasteiger partial charge in [-0.3, -0.25) is 4.68 Å². The Morgan fingerprint density at radius 1 is 1.19 bits per heavy atom. The first-order chi connectivity index (χ1) is 12.9. The zero-order valence-electron chi connectivity index (χ0n) is 15.3. The number of aromatic nitrogens is 5. The number of rotatable bonds is 3. The van der Waals surface area contributed by atoms with Gasteiger partial charge in [0.1, 0.15) is 10.4 Å². The van der Waals surface area contributed by atoms with Crippen LogP contribution in [0, 0.1) is 0 Å². The number of aryl methyl sites for hydroxylation is 1. The average Bonchev–Trinajstić information content (AvgIpc) is 3.21. The second-order valence-electron chi connectivity index (χ2n) is 7.54. The van der Waals surface area contributed by atoms with Crippen LogP contribution in [0.3, 0.4) is 0 Å². The molecule has 0 amide bonds. The van der Waals surface area contributed by atoms with Crippen LogP contribution in [0.25, 0.3) is 32.6 Å². The lowest BCUT2D eigenvalue weighted by Gasteiger charge is -2.50. The molecule has 0 radical (unpaired) electrons. The van der Waals surface area contributed by atoms with E-state index >= 15 is 0 Å². The van der Waals surface area contributed by atoms with E-state index in [9.17, 15) is 5.11 Å². The Bertz CT molecular complexity index is 1180. The highest BCUT2D eigenvalue weighted by Gasteiger charge is 2.53. The fourth-order valence-electron chi connectivity index (χ4n) is 3.86. The van der Waals surface area contributed by atoms with Crippen LogP contribution < -0.4 is 0 Å². The van der Waals surface area contributed by atoms with Crippen LogP contribution in [-0.2, 0) is 17.4 Å². The fraction of sp³-hybridized carbons (Fsp3) is 0.368. The number of methoxy groups -OCH3 is 1. The Morgan fingerprint density at radius 3 is 2.78 bits per heavy atom. The van der Waals surface area contributed by atoms with Gasteiger partial charge >= 0.3 is 0 Å². The van der Waals surface area contributed by atoms with E-state index in [1.54, 1.807) is 18.0 Å². The lowest BCUT2D eigenvalue weighted by Crippen LogP contribution is -2.53. The first-order valence-corrected chi connectivity index (χ1v) is 9.54. The van der Waals surface area contributed by atoms with Crippen molar-refractivity contribution >= 4 is 32.6 Å². The van der Waals surface area contributed by atoms with E-state index in [4.69, 9.17) is 9.72 Å². The van der Waals surface area contributed by atoms with Gasteiger partial charge in [-0.1, -0.05) is 0 Å². The molecule has 138 valence electrons. The van der Waals surface area contributed by atoms with Gasteiger partial charge in [0.2, 0.25) is 0 Å². The maximum atomic E-state index is 10.9. The van der Waals surface area contributed by atoms with Gasteiger partial charge < -0.3 is 9.84 Å². The third kappa shape index (κ3) is 2.63. The molecule has 4 aromatic rings. The smallest absolute Gasteiger partial charge is 0.181 e. The van der Waals surface area contributed by atoms with Crippen molar-refractivity contribution in [3.63, 3.8) is 0 Å². The van der Waals surface area contributed by atoms with Crippen LogP contribution >= 0.6 is 11.3 Å². The maximum Gasteiger partial charge on any atom is 0.181 e. The van der Waals surface area contributed by atoms with E-state index in [-0.39, 0.29) is 5.60 Å². The molecule has 5 rings (SSSR count). The largest absolute Gasteiger partial charge is 0.384 e. The fourth-order valence-corrected chi connectivity index (χ4v) is 4.95. The quantitative estimate of drug-likeness (QED) is 0.587. The minimum absolute atomic E-state index is 0.257. The van der Waals surface area contributed by atoms with E-state index in [1.165, 1.54) is 11.3 Å². The molecule has 8 heteroatoms. The molecular weight excluding hydrogens is 362 g/mol. The van der Waals surface area contributed by atoms with Crippen LogP contribution in [0.4, 0.5) is 0 Å². The number of hydrogen-bond acceptors (Lipinski definition) is 7. The summed E-state index contributed by atoms with van der Waals surface area (Å²) in [5, 5.41) is 17.1. The summed E-state index contributed by atoms with van der Waals surface area (Å²) >= 11 is 1.51. The van der Waals surface area contributed by atoms with Crippen LogP contribution in [0.5, 0.6) is 0 Å². The van der Waals surface area contributed by atoms with Crippen molar-refractivity contribution in [3.05, 3.63) is 35.6 Å². The SMILES string of the molecule is COC1(C)CC(O)(c2cc3cnc(-c4cnc5nn(C)cc5c4)nc3s2)C1. The molecule has 7 nitrogen and oxygen atoms in total. The number of fused-ring (bicyclic) bond motifs is 2. The minimum Gasteiger partial charge on any atom is -0.384 e. The summed E-state index contributed by atoms with van der Waals surface area (Å²) in [4.78, 5) is 15.4. The van der Waals surface area contributed by atoms with E-state index in [0.717, 1.165) is 26.0 Å². The number of thiophene rings is 1. The highest BCUT2D eigenvalue weighted by atomic mass is 32.1. The zero-order chi connectivity index (χ0) is 18.8. The van der Waals surface area contributed by atoms with Gasteiger partial charge in [-0.15, -0.1) is 11.3 Å². The highest BCUT2D eigenvalue weighted by molar-refractivity contribution is 7.18. The molecule has 0 bridgehead atoms. The van der Waals surface area contributed by atoms with Crippen LogP contribution in [0.1, 0.15) is 24.6 Å². The van der Waals surface area contributed by atoms with Crippen LogP contribution in [-0.4, -0.2) is 42.5 Å². The molecule has 4 aromatic heterocycles. The molecule has 27 heavy (non-hydrogen) atoms. The van der Waals surface area contributed by atoms with Crippen molar-refractivity contribution < 1.29 is 9.84 Å². The standard InChI is InChI=1S/C19H19N5O2S/c1-18(26-3)9-19(25,10-18)14-5-12-7-20-15(22-17(12)27-14)11-4-13-8-24(2)23-16(13)21-6-11/h4-8,25H,9-10H2,1-3H3. The molecule has 1 aliphatic carbocycles. The van der Waals surface area contributed by atoms with Gasteiger partial charge in [0, 0.05) is 66.8 Å². The van der Waals surface area contributed by atoms with Gasteiger partial charge in [0.25, 0.3) is 0 Å². The van der Waals surface area contributed by atoms with E-state index in [2.05, 4.69) is 15.1 Å². The second kappa shape index (κ2) is 5.54. The number of aliphatic hydroxyl groups is 1. The number of nitrogens with zero attached hydrogens (tertiary/aromatic N) is 5. The Labute approximate surface area is 159 Å². The number of hydrogen-bond donors (Lipinski definition) is 1. The Hall–Kier alpha value is -2.42. The predicted molar refractivity (Wildman–Crippen MR) is 103 cm³/mol. The molecule has 1 aliphatic rings. The van der Waals surface area contributed by atoms with Crippen molar-refractivity contribution in [2.24, 2.45) is 7.05 Å². The predicted octanol–water partition coefficient (Wildman–Crippen LogP) is 3.03. The third-order valence-corrected chi connectivity index (χ3v) is 6.53. The molecule has 1 fully saturated rings. The molecule has 0 saturated heterocycles. The summed E-state index contributed by atoms with van der Waals surface area (Å²) < 4.78 is 7.22. The first-order valence-electron chi connectivity index (χ1n) is 8.72. The normalized spacial score (nSPS) is 25.2. The van der Waals surface area contributed by atoms with Gasteiger partial charge in [-0.2, -0.15) is 5.10 Å². The maximum absolute atomic E-state index is 10.9. The van der Waals surface area contributed by atoms with Crippen molar-refractivity contribution in [3.8, 4) is 11.4 Å². The second-order valence-corrected chi connectivity index (χ2v) is 8.57. The summed E-state index contributed by atoms with van der Waals surface area (Å²) in [6.45, 7) is 2.02. The van der Waals surface area contributed by atoms with E-state index in [1.807, 2.05) is 38.5 Å². The summed E-state index contributed by atoms with van der Waals surface area (Å²) in [6.07, 6.45) is 6.65. The minimum atomic E-state index is -0.841. The molecule has 0 spiro atoms. The van der Waals surface area contributed by atoms with Gasteiger partial charge in [-0.05, 0) is 19.1 Å². The van der Waals surface area contributed by atoms with Crippen LogP contribution in [0.2, 0.25) is 0 Å². The molecular formula is C19H19N5O2S. The van der Waals surface area contributed by atoms with Crippen LogP contribution in [0.15, 0.2) is 30.7 Å². The Kier molecular flexibility index (Phi) is 3.43. The van der Waals surface area contributed by atoms with Gasteiger partial charge in [0.05, 0.1) is 5.60 Å². The molecule has 0 aliphatic heterocycles. The molecule has 1 saturated carbocycles. The topological polar surface area (TPSA) is 86.0 Å². The van der Waals surface area contributed by atoms with Crippen molar-refractivity contribution in [1.29, 1.82) is 0 Å². The van der Waals surface area contributed by atoms with Crippen molar-refractivity contribution in [2.45, 2.75) is 31.0 Å². The van der Waals surface area contributed by atoms with Gasteiger partial charge in [0.15, 0.2) is 11.5 Å². The number of ether oxygens (including phenoxy) is 1. The molecule has 0 aromatic carbocycles. The monoisotopic (exact) mass is 381 g/mol.